The van der Waals surface area contributed by atoms with Crippen molar-refractivity contribution in [2.24, 2.45) is 0 Å². The van der Waals surface area contributed by atoms with Crippen molar-refractivity contribution in [2.45, 2.75) is 57.3 Å². The van der Waals surface area contributed by atoms with Gasteiger partial charge < -0.3 is 15.5 Å². The average molecular weight is 574 g/mol. The second-order valence-electron chi connectivity index (χ2n) is 10.1. The molecule has 1 heterocycles. The van der Waals surface area contributed by atoms with Crippen molar-refractivity contribution in [3.63, 3.8) is 0 Å². The number of halogens is 4. The van der Waals surface area contributed by atoms with Crippen LogP contribution in [0.5, 0.6) is 0 Å². The minimum atomic E-state index is -4.56. The first-order valence-corrected chi connectivity index (χ1v) is 13.2. The quantitative estimate of drug-likeness (QED) is 0.365. The molecule has 0 fully saturated rings. The number of amides is 3. The van der Waals surface area contributed by atoms with Gasteiger partial charge >= 0.3 is 6.18 Å². The number of carbonyl (C=O) groups excluding carboxylic acids is 3. The normalized spacial score (nSPS) is 16.0. The molecule has 3 atom stereocenters. The molecule has 1 aliphatic carbocycles. The van der Waals surface area contributed by atoms with E-state index in [1.165, 1.54) is 29.9 Å². The highest BCUT2D eigenvalue weighted by molar-refractivity contribution is 6.01. The minimum Gasteiger partial charge on any atom is -0.338 e. The summed E-state index contributed by atoms with van der Waals surface area (Å²) in [7, 11) is 1.03. The van der Waals surface area contributed by atoms with Gasteiger partial charge in [-0.15, -0.1) is 0 Å². The number of nitrogens with one attached hydrogen (secondary N) is 2. The molecular weight excluding hydrogens is 542 g/mol. The summed E-state index contributed by atoms with van der Waals surface area (Å²) in [5.41, 5.74) is 2.23. The Balaban J connectivity index is 1.55. The predicted molar refractivity (Wildman–Crippen MR) is 144 cm³/mol. The molecule has 0 aliphatic heterocycles. The van der Waals surface area contributed by atoms with Crippen molar-refractivity contribution in [2.75, 3.05) is 18.9 Å². The topological polar surface area (TPSA) is 96.3 Å². The van der Waals surface area contributed by atoms with Crippen molar-refractivity contribution < 1.29 is 31.9 Å². The zero-order valence-electron chi connectivity index (χ0n) is 22.8. The Bertz CT molecular complexity index is 1440. The summed E-state index contributed by atoms with van der Waals surface area (Å²) in [6.45, 7) is 2.23. The number of benzene rings is 2. The first-order chi connectivity index (χ1) is 19.4. The van der Waals surface area contributed by atoms with Crippen molar-refractivity contribution in [3.05, 3.63) is 82.9 Å². The lowest BCUT2D eigenvalue weighted by Crippen LogP contribution is -2.47. The summed E-state index contributed by atoms with van der Waals surface area (Å²) in [5.74, 6) is -4.24. The lowest BCUT2D eigenvalue weighted by molar-refractivity contribution is -0.159. The maximum absolute atomic E-state index is 15.2. The summed E-state index contributed by atoms with van der Waals surface area (Å²) < 4.78 is 54.8. The summed E-state index contributed by atoms with van der Waals surface area (Å²) >= 11 is 0. The summed E-state index contributed by atoms with van der Waals surface area (Å²) in [4.78, 5) is 39.8. The molecule has 8 nitrogen and oxygen atoms in total. The Morgan fingerprint density at radius 3 is 2.56 bits per heavy atom. The van der Waals surface area contributed by atoms with Crippen LogP contribution in [-0.2, 0) is 22.6 Å². The van der Waals surface area contributed by atoms with Crippen molar-refractivity contribution in [3.8, 4) is 0 Å². The lowest BCUT2D eigenvalue weighted by atomic mass is 9.92. The Hall–Kier alpha value is -4.22. The van der Waals surface area contributed by atoms with Crippen molar-refractivity contribution in [1.29, 1.82) is 0 Å². The molecule has 0 spiro atoms. The van der Waals surface area contributed by atoms with Gasteiger partial charge in [0.05, 0.1) is 11.6 Å². The molecule has 12 heteroatoms. The fraction of sp³-hybridized carbons (Fsp3) is 0.379. The molecule has 2 N–H and O–H groups in total. The summed E-state index contributed by atoms with van der Waals surface area (Å²) in [6.07, 6.45) is -1.77. The number of rotatable bonds is 9. The fourth-order valence-corrected chi connectivity index (χ4v) is 5.21. The van der Waals surface area contributed by atoms with E-state index < -0.39 is 48.2 Å². The number of hydrogen-bond acceptors (Lipinski definition) is 4. The van der Waals surface area contributed by atoms with E-state index >= 15 is 4.39 Å². The zero-order valence-corrected chi connectivity index (χ0v) is 22.8. The highest BCUT2D eigenvalue weighted by Crippen LogP contribution is 2.36. The molecule has 2 aromatic carbocycles. The molecular formula is C29H31F4N5O3. The Kier molecular flexibility index (Phi) is 8.79. The number of alkyl halides is 3. The second-order valence-corrected chi connectivity index (χ2v) is 10.1. The third kappa shape index (κ3) is 6.75. The van der Waals surface area contributed by atoms with Gasteiger partial charge in [0.25, 0.3) is 5.91 Å². The molecule has 0 bridgehead atoms. The Morgan fingerprint density at radius 2 is 1.88 bits per heavy atom. The highest BCUT2D eigenvalue weighted by atomic mass is 19.4. The van der Waals surface area contributed by atoms with Crippen LogP contribution in [0.15, 0.2) is 54.7 Å². The van der Waals surface area contributed by atoms with Gasteiger partial charge in [0.2, 0.25) is 11.8 Å². The molecule has 3 aromatic rings. The van der Waals surface area contributed by atoms with E-state index in [2.05, 4.69) is 15.7 Å². The molecule has 4 rings (SSSR count). The van der Waals surface area contributed by atoms with Crippen molar-refractivity contribution >= 4 is 23.4 Å². The van der Waals surface area contributed by atoms with Gasteiger partial charge in [-0.2, -0.15) is 18.3 Å². The maximum atomic E-state index is 15.2. The standard InChI is InChI=1S/C29H31F4N5O3/c1-4-38-24(13-14-34-38)26(39)36-25(21-11-9-18-7-5-6-8-20(18)21)27(40)35-23-12-10-19(15-22(23)30)17(2)28(41)37(3)16-29(31,32)33/h5-8,10,12-15,17,21,25H,4,9,11,16H2,1-3H3,(H,35,40)(H,36,39)/t17-,21+,25-/m0/s1. The van der Waals surface area contributed by atoms with Gasteiger partial charge in [0.15, 0.2) is 0 Å². The molecule has 0 radical (unpaired) electrons. The van der Waals surface area contributed by atoms with Crippen LogP contribution < -0.4 is 10.6 Å². The van der Waals surface area contributed by atoms with Gasteiger partial charge in [-0.05, 0) is 61.6 Å². The van der Waals surface area contributed by atoms with Gasteiger partial charge in [-0.1, -0.05) is 30.3 Å². The van der Waals surface area contributed by atoms with Crippen LogP contribution in [0.4, 0.5) is 23.2 Å². The SMILES string of the molecule is CCn1nccc1C(=O)N[C@H](C(=O)Nc1ccc([C@H](C)C(=O)N(C)CC(F)(F)F)cc1F)[C@@H]1CCc2ccccc21. The average Bonchev–Trinajstić information content (AvgIpc) is 3.58. The molecule has 1 aromatic heterocycles. The monoisotopic (exact) mass is 573 g/mol. The number of nitrogens with zero attached hydrogens (tertiary/aromatic N) is 3. The van der Waals surface area contributed by atoms with Crippen molar-refractivity contribution in [1.82, 2.24) is 20.0 Å². The van der Waals surface area contributed by atoms with E-state index in [0.29, 0.717) is 24.3 Å². The lowest BCUT2D eigenvalue weighted by Gasteiger charge is -2.25. The van der Waals surface area contributed by atoms with Gasteiger partial charge in [0, 0.05) is 25.7 Å². The molecule has 0 unspecified atom stereocenters. The van der Waals surface area contributed by atoms with Crippen LogP contribution in [0.25, 0.3) is 0 Å². The van der Waals surface area contributed by atoms with Gasteiger partial charge in [-0.3, -0.25) is 19.1 Å². The zero-order chi connectivity index (χ0) is 29.9. The molecule has 41 heavy (non-hydrogen) atoms. The van der Waals surface area contributed by atoms with Crippen LogP contribution in [0.2, 0.25) is 0 Å². The first kappa shape index (κ1) is 29.8. The van der Waals surface area contributed by atoms with E-state index in [-0.39, 0.29) is 22.9 Å². The highest BCUT2D eigenvalue weighted by Gasteiger charge is 2.37. The van der Waals surface area contributed by atoms with E-state index in [4.69, 9.17) is 0 Å². The maximum Gasteiger partial charge on any atom is 0.406 e. The summed E-state index contributed by atoms with van der Waals surface area (Å²) in [5, 5.41) is 9.47. The largest absolute Gasteiger partial charge is 0.406 e. The minimum absolute atomic E-state index is 0.155. The van der Waals surface area contributed by atoms with E-state index in [1.54, 1.807) is 6.07 Å². The smallest absolute Gasteiger partial charge is 0.338 e. The molecule has 0 saturated heterocycles. The molecule has 0 saturated carbocycles. The fourth-order valence-electron chi connectivity index (χ4n) is 5.21. The number of likely N-dealkylation sites (N-methyl/N-ethyl adjacent to an activating group) is 1. The van der Waals surface area contributed by atoms with Crippen LogP contribution in [0.3, 0.4) is 0 Å². The van der Waals surface area contributed by atoms with Crippen LogP contribution >= 0.6 is 0 Å². The number of anilines is 1. The number of aromatic nitrogens is 2. The van der Waals surface area contributed by atoms with E-state index in [0.717, 1.165) is 24.2 Å². The predicted octanol–water partition coefficient (Wildman–Crippen LogP) is 4.63. The van der Waals surface area contributed by atoms with E-state index in [9.17, 15) is 27.6 Å². The Labute approximate surface area is 234 Å². The first-order valence-electron chi connectivity index (χ1n) is 13.2. The van der Waals surface area contributed by atoms with Gasteiger partial charge in [0.1, 0.15) is 24.1 Å². The number of aryl methyl sites for hydroxylation is 2. The second kappa shape index (κ2) is 12.1. The third-order valence-electron chi connectivity index (χ3n) is 7.31. The van der Waals surface area contributed by atoms with Gasteiger partial charge in [-0.25, -0.2) is 4.39 Å². The number of carbonyl (C=O) groups is 3. The van der Waals surface area contributed by atoms with Crippen LogP contribution in [0, 0.1) is 5.82 Å². The van der Waals surface area contributed by atoms with E-state index in [1.807, 2.05) is 31.2 Å². The van der Waals surface area contributed by atoms with Crippen LogP contribution in [-0.4, -0.2) is 58.2 Å². The number of hydrogen-bond donors (Lipinski definition) is 2. The third-order valence-corrected chi connectivity index (χ3v) is 7.31. The molecule has 218 valence electrons. The molecule has 3 amide bonds. The van der Waals surface area contributed by atoms with Crippen LogP contribution in [0.1, 0.15) is 59.3 Å². The molecule has 1 aliphatic rings. The Morgan fingerprint density at radius 1 is 1.15 bits per heavy atom. The summed E-state index contributed by atoms with van der Waals surface area (Å²) in [6, 6.07) is 11.8. The number of fused-ring (bicyclic) bond motifs is 1.